The second kappa shape index (κ2) is 8.54. The largest absolute Gasteiger partial charge is 0.486 e. The minimum Gasteiger partial charge on any atom is -0.486 e. The molecule has 0 radical (unpaired) electrons. The predicted molar refractivity (Wildman–Crippen MR) is 120 cm³/mol. The van der Waals surface area contributed by atoms with E-state index in [0.29, 0.717) is 19.3 Å². The summed E-state index contributed by atoms with van der Waals surface area (Å²) in [6, 6.07) is 17.1. The van der Waals surface area contributed by atoms with Crippen LogP contribution in [0, 0.1) is 0 Å². The first-order valence-corrected chi connectivity index (χ1v) is 11.4. The van der Waals surface area contributed by atoms with Gasteiger partial charge in [0.05, 0.1) is 12.2 Å². The molecular weight excluding hydrogens is 380 g/mol. The number of hydrogen-bond donors (Lipinski definition) is 0. The Morgan fingerprint density at radius 2 is 1.72 bits per heavy atom. The summed E-state index contributed by atoms with van der Waals surface area (Å²) in [6.07, 6.45) is 8.82. The number of aliphatic imine (C=N–C) groups is 1. The third kappa shape index (κ3) is 4.30. The van der Waals surface area contributed by atoms with E-state index in [0.717, 1.165) is 34.5 Å². The molecule has 0 spiro atoms. The molecule has 2 aromatic carbocycles. The topological polar surface area (TPSA) is 34.1 Å². The first-order chi connectivity index (χ1) is 14.3. The molecule has 3 aliphatic rings. The molecule has 1 saturated carbocycles. The van der Waals surface area contributed by atoms with Crippen molar-refractivity contribution in [2.75, 3.05) is 19.8 Å². The lowest BCUT2D eigenvalue weighted by Crippen LogP contribution is -2.37. The highest BCUT2D eigenvalue weighted by molar-refractivity contribution is 8.17. The molecule has 1 aliphatic carbocycles. The van der Waals surface area contributed by atoms with Crippen LogP contribution in [0.1, 0.15) is 37.7 Å². The van der Waals surface area contributed by atoms with Gasteiger partial charge in [-0.15, -0.1) is 0 Å². The van der Waals surface area contributed by atoms with Gasteiger partial charge < -0.3 is 14.4 Å². The molecule has 0 N–H and O–H groups in total. The van der Waals surface area contributed by atoms with Crippen molar-refractivity contribution in [1.82, 2.24) is 4.90 Å². The van der Waals surface area contributed by atoms with Gasteiger partial charge in [-0.25, -0.2) is 4.99 Å². The fourth-order valence-corrected chi connectivity index (χ4v) is 5.35. The maximum atomic E-state index is 5.75. The van der Waals surface area contributed by atoms with Crippen LogP contribution < -0.4 is 9.47 Å². The zero-order valence-electron chi connectivity index (χ0n) is 16.5. The van der Waals surface area contributed by atoms with Crippen LogP contribution in [0.15, 0.2) is 58.4 Å². The maximum absolute atomic E-state index is 5.75. The number of benzene rings is 2. The summed E-state index contributed by atoms with van der Waals surface area (Å²) in [7, 11) is 0. The number of para-hydroxylation sites is 1. The van der Waals surface area contributed by atoms with Gasteiger partial charge in [0.25, 0.3) is 0 Å². The third-order valence-electron chi connectivity index (χ3n) is 5.68. The molecule has 2 aliphatic heterocycles. The Kier molecular flexibility index (Phi) is 5.48. The Bertz CT molecular complexity index is 920. The highest BCUT2D eigenvalue weighted by Crippen LogP contribution is 2.38. The Morgan fingerprint density at radius 3 is 2.55 bits per heavy atom. The van der Waals surface area contributed by atoms with Crippen molar-refractivity contribution < 1.29 is 9.47 Å². The monoisotopic (exact) mass is 406 g/mol. The van der Waals surface area contributed by atoms with Gasteiger partial charge in [-0.2, -0.15) is 0 Å². The SMILES string of the molecule is C(=C1\CN(C2CCCCC2)C(=Nc2ccccc2)S1)/c1ccc2c(c1)OCCO2. The van der Waals surface area contributed by atoms with Crippen LogP contribution in [0.25, 0.3) is 6.08 Å². The summed E-state index contributed by atoms with van der Waals surface area (Å²) in [4.78, 5) is 8.86. The van der Waals surface area contributed by atoms with Crippen molar-refractivity contribution in [2.24, 2.45) is 4.99 Å². The average Bonchev–Trinajstić information content (AvgIpc) is 3.17. The maximum Gasteiger partial charge on any atom is 0.169 e. The van der Waals surface area contributed by atoms with Crippen molar-refractivity contribution in [3.63, 3.8) is 0 Å². The van der Waals surface area contributed by atoms with Gasteiger partial charge in [0.1, 0.15) is 13.2 Å². The first-order valence-electron chi connectivity index (χ1n) is 10.5. The number of amidine groups is 1. The summed E-state index contributed by atoms with van der Waals surface area (Å²) in [5.74, 6) is 1.68. The summed E-state index contributed by atoms with van der Waals surface area (Å²) in [5, 5.41) is 1.13. The van der Waals surface area contributed by atoms with Gasteiger partial charge in [-0.05, 0) is 48.7 Å². The average molecular weight is 407 g/mol. The van der Waals surface area contributed by atoms with Crippen LogP contribution in [0.4, 0.5) is 5.69 Å². The lowest BCUT2D eigenvalue weighted by Gasteiger charge is -2.31. The van der Waals surface area contributed by atoms with Crippen LogP contribution in [0.2, 0.25) is 0 Å². The molecule has 5 rings (SSSR count). The Morgan fingerprint density at radius 1 is 0.931 bits per heavy atom. The van der Waals surface area contributed by atoms with Gasteiger partial charge in [-0.3, -0.25) is 0 Å². The normalized spacial score (nSPS) is 22.4. The van der Waals surface area contributed by atoms with Gasteiger partial charge in [0.15, 0.2) is 16.7 Å². The van der Waals surface area contributed by atoms with Gasteiger partial charge in [0, 0.05) is 10.9 Å². The molecule has 0 bridgehead atoms. The van der Waals surface area contributed by atoms with Crippen LogP contribution in [-0.4, -0.2) is 35.9 Å². The van der Waals surface area contributed by atoms with Crippen molar-refractivity contribution in [3.8, 4) is 11.5 Å². The zero-order chi connectivity index (χ0) is 19.5. The van der Waals surface area contributed by atoms with Crippen molar-refractivity contribution in [1.29, 1.82) is 0 Å². The fraction of sp³-hybridized carbons (Fsp3) is 0.375. The van der Waals surface area contributed by atoms with E-state index >= 15 is 0 Å². The Balaban J connectivity index is 1.42. The highest BCUT2D eigenvalue weighted by Gasteiger charge is 2.31. The molecule has 1 saturated heterocycles. The van der Waals surface area contributed by atoms with E-state index in [9.17, 15) is 0 Å². The summed E-state index contributed by atoms with van der Waals surface area (Å²) < 4.78 is 11.4. The molecule has 0 amide bonds. The number of hydrogen-bond acceptors (Lipinski definition) is 4. The summed E-state index contributed by atoms with van der Waals surface area (Å²) in [6.45, 7) is 2.18. The molecule has 29 heavy (non-hydrogen) atoms. The van der Waals surface area contributed by atoms with E-state index in [1.54, 1.807) is 11.8 Å². The fourth-order valence-electron chi connectivity index (χ4n) is 4.23. The predicted octanol–water partition coefficient (Wildman–Crippen LogP) is 5.87. The molecule has 2 aromatic rings. The van der Waals surface area contributed by atoms with E-state index in [1.807, 2.05) is 12.1 Å². The smallest absolute Gasteiger partial charge is 0.169 e. The lowest BCUT2D eigenvalue weighted by molar-refractivity contribution is 0.171. The van der Waals surface area contributed by atoms with Crippen LogP contribution >= 0.6 is 11.8 Å². The number of thioether (sulfide) groups is 1. The molecule has 5 heteroatoms. The lowest BCUT2D eigenvalue weighted by atomic mass is 9.94. The molecule has 2 heterocycles. The number of fused-ring (bicyclic) bond motifs is 1. The number of rotatable bonds is 3. The molecule has 2 fully saturated rings. The second-order valence-electron chi connectivity index (χ2n) is 7.77. The molecule has 0 aromatic heterocycles. The van der Waals surface area contributed by atoms with Crippen molar-refractivity contribution >= 4 is 28.7 Å². The number of ether oxygens (including phenoxy) is 2. The zero-order valence-corrected chi connectivity index (χ0v) is 17.4. The molecule has 0 unspecified atom stereocenters. The summed E-state index contributed by atoms with van der Waals surface area (Å²) in [5.41, 5.74) is 2.18. The van der Waals surface area contributed by atoms with Gasteiger partial charge in [-0.1, -0.05) is 55.3 Å². The van der Waals surface area contributed by atoms with Crippen LogP contribution in [0.3, 0.4) is 0 Å². The van der Waals surface area contributed by atoms with Gasteiger partial charge >= 0.3 is 0 Å². The molecule has 150 valence electrons. The van der Waals surface area contributed by atoms with E-state index in [2.05, 4.69) is 47.4 Å². The minimum atomic E-state index is 0.602. The Labute approximate surface area is 176 Å². The van der Waals surface area contributed by atoms with E-state index < -0.39 is 0 Å². The second-order valence-corrected chi connectivity index (χ2v) is 8.86. The van der Waals surface area contributed by atoms with Crippen LogP contribution in [-0.2, 0) is 0 Å². The highest BCUT2D eigenvalue weighted by atomic mass is 32.2. The van der Waals surface area contributed by atoms with Crippen molar-refractivity contribution in [2.45, 2.75) is 38.1 Å². The van der Waals surface area contributed by atoms with E-state index in [-0.39, 0.29) is 0 Å². The van der Waals surface area contributed by atoms with Gasteiger partial charge in [0.2, 0.25) is 0 Å². The van der Waals surface area contributed by atoms with Crippen LogP contribution in [0.5, 0.6) is 11.5 Å². The number of nitrogens with zero attached hydrogens (tertiary/aromatic N) is 2. The third-order valence-corrected chi connectivity index (χ3v) is 6.70. The van der Waals surface area contributed by atoms with E-state index in [4.69, 9.17) is 14.5 Å². The first kappa shape index (κ1) is 18.6. The summed E-state index contributed by atoms with van der Waals surface area (Å²) >= 11 is 1.80. The van der Waals surface area contributed by atoms with Crippen molar-refractivity contribution in [3.05, 3.63) is 59.0 Å². The standard InChI is InChI=1S/C24H26N2O2S/c1-3-7-19(8-4-1)25-24-26(20-9-5-2-6-10-20)17-21(29-24)15-18-11-12-22-23(16-18)28-14-13-27-22/h1,3-4,7-8,11-12,15-16,20H,2,5-6,9-10,13-14,17H2/b21-15-,25-24?. The molecular formula is C24H26N2O2S. The Hall–Kier alpha value is -2.40. The van der Waals surface area contributed by atoms with E-state index in [1.165, 1.54) is 37.0 Å². The molecule has 0 atom stereocenters. The molecule has 4 nitrogen and oxygen atoms in total. The quantitative estimate of drug-likeness (QED) is 0.639. The minimum absolute atomic E-state index is 0.602.